The standard InChI is InChI=1S/C33H22N2O/c1-2-11-27-22(7-1)8-6-13-28(27)24-9-5-10-26(21-24)35-25-17-15-23(16-18-25)29-19-20-34-32-30-12-3-4-14-31(30)36-33(29)32/h1-21,35H. The van der Waals surface area contributed by atoms with E-state index in [1.807, 2.05) is 30.5 Å². The maximum Gasteiger partial charge on any atom is 0.161 e. The third-order valence-corrected chi connectivity index (χ3v) is 6.71. The number of benzene rings is 5. The molecule has 0 atom stereocenters. The molecular weight excluding hydrogens is 440 g/mol. The normalized spacial score (nSPS) is 11.3. The van der Waals surface area contributed by atoms with Gasteiger partial charge in [-0.1, -0.05) is 78.9 Å². The number of hydrogen-bond acceptors (Lipinski definition) is 3. The van der Waals surface area contributed by atoms with Gasteiger partial charge in [0.15, 0.2) is 5.58 Å². The second kappa shape index (κ2) is 8.40. The number of nitrogens with one attached hydrogen (secondary N) is 1. The first kappa shape index (κ1) is 20.5. The van der Waals surface area contributed by atoms with Gasteiger partial charge in [-0.25, -0.2) is 0 Å². The number of hydrogen-bond donors (Lipinski definition) is 1. The molecule has 0 bridgehead atoms. The average molecular weight is 463 g/mol. The molecule has 7 rings (SSSR count). The summed E-state index contributed by atoms with van der Waals surface area (Å²) in [5.41, 5.74) is 9.23. The molecule has 1 N–H and O–H groups in total. The minimum Gasteiger partial charge on any atom is -0.454 e. The van der Waals surface area contributed by atoms with Crippen LogP contribution in [0.4, 0.5) is 11.4 Å². The van der Waals surface area contributed by atoms with E-state index in [-0.39, 0.29) is 0 Å². The third kappa shape index (κ3) is 3.50. The van der Waals surface area contributed by atoms with Crippen LogP contribution in [0.25, 0.3) is 55.1 Å². The molecule has 7 aromatic rings. The molecular formula is C33H22N2O. The van der Waals surface area contributed by atoms with Crippen molar-refractivity contribution in [2.24, 2.45) is 0 Å². The van der Waals surface area contributed by atoms with Crippen molar-refractivity contribution < 1.29 is 4.42 Å². The molecule has 3 nitrogen and oxygen atoms in total. The van der Waals surface area contributed by atoms with Gasteiger partial charge in [-0.05, 0) is 69.9 Å². The number of aromatic nitrogens is 1. The maximum atomic E-state index is 6.17. The van der Waals surface area contributed by atoms with Gasteiger partial charge in [0.05, 0.1) is 0 Å². The zero-order valence-corrected chi connectivity index (χ0v) is 19.5. The smallest absolute Gasteiger partial charge is 0.161 e. The highest BCUT2D eigenvalue weighted by Crippen LogP contribution is 2.35. The van der Waals surface area contributed by atoms with Gasteiger partial charge < -0.3 is 9.73 Å². The average Bonchev–Trinajstić information content (AvgIpc) is 3.32. The van der Waals surface area contributed by atoms with Crippen LogP contribution < -0.4 is 5.32 Å². The van der Waals surface area contributed by atoms with Gasteiger partial charge in [0, 0.05) is 28.5 Å². The molecule has 5 aromatic carbocycles. The van der Waals surface area contributed by atoms with Crippen LogP contribution in [-0.2, 0) is 0 Å². The van der Waals surface area contributed by atoms with Gasteiger partial charge in [-0.15, -0.1) is 0 Å². The predicted molar refractivity (Wildman–Crippen MR) is 150 cm³/mol. The highest BCUT2D eigenvalue weighted by molar-refractivity contribution is 6.07. The highest BCUT2D eigenvalue weighted by Gasteiger charge is 2.13. The summed E-state index contributed by atoms with van der Waals surface area (Å²) < 4.78 is 6.17. The summed E-state index contributed by atoms with van der Waals surface area (Å²) in [6, 6.07) is 42.1. The van der Waals surface area contributed by atoms with Crippen molar-refractivity contribution in [3.8, 4) is 22.3 Å². The Hall–Kier alpha value is -4.89. The quantitative estimate of drug-likeness (QED) is 0.283. The third-order valence-electron chi connectivity index (χ3n) is 6.71. The number of fused-ring (bicyclic) bond motifs is 4. The van der Waals surface area contributed by atoms with Crippen molar-refractivity contribution in [2.45, 2.75) is 0 Å². The molecule has 36 heavy (non-hydrogen) atoms. The number of nitrogens with zero attached hydrogens (tertiary/aromatic N) is 1. The van der Waals surface area contributed by atoms with E-state index in [0.717, 1.165) is 44.6 Å². The van der Waals surface area contributed by atoms with Crippen LogP contribution in [0.5, 0.6) is 0 Å². The summed E-state index contributed by atoms with van der Waals surface area (Å²) in [7, 11) is 0. The molecule has 0 radical (unpaired) electrons. The monoisotopic (exact) mass is 462 g/mol. The first-order chi connectivity index (χ1) is 17.8. The van der Waals surface area contributed by atoms with Gasteiger partial charge in [0.2, 0.25) is 0 Å². The summed E-state index contributed by atoms with van der Waals surface area (Å²) in [5.74, 6) is 0. The molecule has 3 heteroatoms. The summed E-state index contributed by atoms with van der Waals surface area (Å²) in [6.45, 7) is 0. The van der Waals surface area contributed by atoms with E-state index in [4.69, 9.17) is 4.42 Å². The largest absolute Gasteiger partial charge is 0.454 e. The Morgan fingerprint density at radius 1 is 0.556 bits per heavy atom. The van der Waals surface area contributed by atoms with Crippen molar-refractivity contribution in [1.82, 2.24) is 4.98 Å². The van der Waals surface area contributed by atoms with Crippen LogP contribution in [0, 0.1) is 0 Å². The maximum absolute atomic E-state index is 6.17. The second-order valence-corrected chi connectivity index (χ2v) is 8.94. The molecule has 170 valence electrons. The Morgan fingerprint density at radius 3 is 2.25 bits per heavy atom. The van der Waals surface area contributed by atoms with E-state index in [2.05, 4.69) is 107 Å². The summed E-state index contributed by atoms with van der Waals surface area (Å²) in [5, 5.41) is 7.11. The molecule has 2 heterocycles. The molecule has 0 fully saturated rings. The molecule has 0 saturated heterocycles. The second-order valence-electron chi connectivity index (χ2n) is 8.94. The lowest BCUT2D eigenvalue weighted by Crippen LogP contribution is -1.91. The number of rotatable bonds is 4. The Balaban J connectivity index is 1.20. The van der Waals surface area contributed by atoms with Crippen LogP contribution >= 0.6 is 0 Å². The van der Waals surface area contributed by atoms with Crippen molar-refractivity contribution in [2.75, 3.05) is 5.32 Å². The molecule has 0 unspecified atom stereocenters. The van der Waals surface area contributed by atoms with E-state index >= 15 is 0 Å². The van der Waals surface area contributed by atoms with Crippen LogP contribution in [-0.4, -0.2) is 4.98 Å². The van der Waals surface area contributed by atoms with E-state index in [1.54, 1.807) is 0 Å². The minimum atomic E-state index is 0.821. The van der Waals surface area contributed by atoms with Crippen LogP contribution in [0.3, 0.4) is 0 Å². The molecule has 0 aliphatic carbocycles. The molecule has 0 amide bonds. The van der Waals surface area contributed by atoms with Crippen molar-refractivity contribution in [3.63, 3.8) is 0 Å². The first-order valence-electron chi connectivity index (χ1n) is 12.1. The molecule has 2 aromatic heterocycles. The van der Waals surface area contributed by atoms with Crippen molar-refractivity contribution in [1.29, 1.82) is 0 Å². The topological polar surface area (TPSA) is 38.1 Å². The van der Waals surface area contributed by atoms with E-state index < -0.39 is 0 Å². The van der Waals surface area contributed by atoms with E-state index in [0.29, 0.717) is 0 Å². The molecule has 0 saturated carbocycles. The lowest BCUT2D eigenvalue weighted by atomic mass is 9.98. The fourth-order valence-corrected chi connectivity index (χ4v) is 4.97. The fourth-order valence-electron chi connectivity index (χ4n) is 4.97. The van der Waals surface area contributed by atoms with Crippen LogP contribution in [0.15, 0.2) is 132 Å². The fraction of sp³-hybridized carbons (Fsp3) is 0. The lowest BCUT2D eigenvalue weighted by Gasteiger charge is -2.11. The zero-order valence-electron chi connectivity index (χ0n) is 19.5. The minimum absolute atomic E-state index is 0.821. The van der Waals surface area contributed by atoms with E-state index in [9.17, 15) is 0 Å². The van der Waals surface area contributed by atoms with Crippen molar-refractivity contribution in [3.05, 3.63) is 128 Å². The Kier molecular flexibility index (Phi) is 4.78. The Morgan fingerprint density at radius 2 is 1.33 bits per heavy atom. The van der Waals surface area contributed by atoms with Gasteiger partial charge in [0.25, 0.3) is 0 Å². The summed E-state index contributed by atoms with van der Waals surface area (Å²) in [4.78, 5) is 4.57. The summed E-state index contributed by atoms with van der Waals surface area (Å²) >= 11 is 0. The highest BCUT2D eigenvalue weighted by atomic mass is 16.3. The lowest BCUT2D eigenvalue weighted by molar-refractivity contribution is 0.669. The number of pyridine rings is 1. The summed E-state index contributed by atoms with van der Waals surface area (Å²) in [6.07, 6.45) is 1.85. The molecule has 0 aliphatic heterocycles. The van der Waals surface area contributed by atoms with Gasteiger partial charge in [0.1, 0.15) is 11.1 Å². The SMILES string of the molecule is c1cc(Nc2ccc(-c3ccnc4c3oc3ccccc34)cc2)cc(-c2cccc3ccccc23)c1. The number of anilines is 2. The van der Waals surface area contributed by atoms with E-state index in [1.165, 1.54) is 21.9 Å². The van der Waals surface area contributed by atoms with Crippen LogP contribution in [0.1, 0.15) is 0 Å². The predicted octanol–water partition coefficient (Wildman–Crippen LogP) is 9.21. The van der Waals surface area contributed by atoms with Gasteiger partial charge in [-0.3, -0.25) is 4.98 Å². The van der Waals surface area contributed by atoms with Crippen LogP contribution in [0.2, 0.25) is 0 Å². The zero-order chi connectivity index (χ0) is 23.9. The Labute approximate surface area is 208 Å². The van der Waals surface area contributed by atoms with Gasteiger partial charge >= 0.3 is 0 Å². The van der Waals surface area contributed by atoms with Gasteiger partial charge in [-0.2, -0.15) is 0 Å². The number of furan rings is 1. The Bertz CT molecular complexity index is 1860. The van der Waals surface area contributed by atoms with Crippen molar-refractivity contribution >= 4 is 44.2 Å². The molecule has 0 spiro atoms. The number of para-hydroxylation sites is 1. The first-order valence-corrected chi connectivity index (χ1v) is 12.1. The molecule has 0 aliphatic rings.